The van der Waals surface area contributed by atoms with E-state index in [1.165, 1.54) is 18.3 Å². The van der Waals surface area contributed by atoms with E-state index in [4.69, 9.17) is 5.73 Å². The molecule has 0 unspecified atom stereocenters. The van der Waals surface area contributed by atoms with Crippen LogP contribution in [-0.4, -0.2) is 29.7 Å². The third kappa shape index (κ3) is 3.76. The molecule has 0 radical (unpaired) electrons. The molecule has 0 aromatic carbocycles. The van der Waals surface area contributed by atoms with E-state index in [0.29, 0.717) is 19.5 Å². The lowest BCUT2D eigenvalue weighted by atomic mass is 10.4. The Hall–Kier alpha value is -1.93. The van der Waals surface area contributed by atoms with Crippen molar-refractivity contribution in [2.24, 2.45) is 0 Å². The smallest absolute Gasteiger partial charge is 0.240 e. The van der Waals surface area contributed by atoms with Gasteiger partial charge >= 0.3 is 0 Å². The maximum Gasteiger partial charge on any atom is 0.240 e. The predicted octanol–water partition coefficient (Wildman–Crippen LogP) is 0.229. The molecule has 0 saturated heterocycles. The van der Waals surface area contributed by atoms with E-state index in [9.17, 15) is 8.42 Å². The molecule has 0 saturated carbocycles. The maximum absolute atomic E-state index is 11.9. The Balaban J connectivity index is 1.88. The molecule has 0 amide bonds. The van der Waals surface area contributed by atoms with Crippen molar-refractivity contribution in [3.8, 4) is 0 Å². The average molecular weight is 281 g/mol. The molecular weight excluding hydrogens is 266 g/mol. The van der Waals surface area contributed by atoms with Gasteiger partial charge in [-0.2, -0.15) is 5.10 Å². The first-order chi connectivity index (χ1) is 9.08. The molecule has 2 rings (SSSR count). The van der Waals surface area contributed by atoms with E-state index in [1.54, 1.807) is 10.9 Å². The Morgan fingerprint density at radius 3 is 2.89 bits per heavy atom. The Labute approximate surface area is 111 Å². The molecular formula is C11H15N5O2S. The normalized spacial score (nSPS) is 11.6. The summed E-state index contributed by atoms with van der Waals surface area (Å²) in [6, 6.07) is 4.56. The highest BCUT2D eigenvalue weighted by atomic mass is 32.2. The first-order valence-corrected chi connectivity index (χ1v) is 7.25. The lowest BCUT2D eigenvalue weighted by molar-refractivity contribution is 0.553. The molecule has 8 heteroatoms. The van der Waals surface area contributed by atoms with E-state index in [0.717, 1.165) is 0 Å². The fourth-order valence-electron chi connectivity index (χ4n) is 1.56. The summed E-state index contributed by atoms with van der Waals surface area (Å²) in [5.41, 5.74) is 5.46. The van der Waals surface area contributed by atoms with Crippen LogP contribution in [0.4, 0.5) is 5.82 Å². The number of nitrogens with one attached hydrogen (secondary N) is 1. The highest BCUT2D eigenvalue weighted by molar-refractivity contribution is 7.89. The number of aryl methyl sites for hydroxylation is 1. The second-order valence-electron chi connectivity index (χ2n) is 3.94. The summed E-state index contributed by atoms with van der Waals surface area (Å²) in [7, 11) is -3.52. The lowest BCUT2D eigenvalue weighted by Crippen LogP contribution is -2.25. The number of sulfonamides is 1. The Kier molecular flexibility index (Phi) is 4.13. The standard InChI is InChI=1S/C11H15N5O2S/c12-11-9-10(3-6-13-11)19(17,18)15-5-2-8-16-7-1-4-14-16/h1,3-4,6-7,9,15H,2,5,8H2,(H2,12,13). The van der Waals surface area contributed by atoms with Gasteiger partial charge in [-0.1, -0.05) is 0 Å². The number of anilines is 1. The van der Waals surface area contributed by atoms with Gasteiger partial charge in [0.05, 0.1) is 4.90 Å². The topological polar surface area (TPSA) is 103 Å². The van der Waals surface area contributed by atoms with Crippen molar-refractivity contribution < 1.29 is 8.42 Å². The molecule has 0 atom stereocenters. The summed E-state index contributed by atoms with van der Waals surface area (Å²) in [6.45, 7) is 0.998. The van der Waals surface area contributed by atoms with Crippen LogP contribution in [0.25, 0.3) is 0 Å². The van der Waals surface area contributed by atoms with Crippen LogP contribution in [-0.2, 0) is 16.6 Å². The highest BCUT2D eigenvalue weighted by Gasteiger charge is 2.13. The van der Waals surface area contributed by atoms with Crippen molar-refractivity contribution in [1.29, 1.82) is 0 Å². The van der Waals surface area contributed by atoms with Gasteiger partial charge < -0.3 is 5.73 Å². The van der Waals surface area contributed by atoms with Crippen LogP contribution in [0.15, 0.2) is 41.7 Å². The molecule has 7 nitrogen and oxygen atoms in total. The Morgan fingerprint density at radius 2 is 2.21 bits per heavy atom. The zero-order chi connectivity index (χ0) is 13.7. The van der Waals surface area contributed by atoms with Crippen LogP contribution >= 0.6 is 0 Å². The number of nitrogens with zero attached hydrogens (tertiary/aromatic N) is 3. The quantitative estimate of drug-likeness (QED) is 0.738. The van der Waals surface area contributed by atoms with E-state index >= 15 is 0 Å². The van der Waals surface area contributed by atoms with Crippen LogP contribution < -0.4 is 10.5 Å². The summed E-state index contributed by atoms with van der Waals surface area (Å²) in [6.07, 6.45) is 5.54. The first kappa shape index (κ1) is 13.5. The fourth-order valence-corrected chi connectivity index (χ4v) is 2.65. The summed E-state index contributed by atoms with van der Waals surface area (Å²) >= 11 is 0. The largest absolute Gasteiger partial charge is 0.384 e. The zero-order valence-electron chi connectivity index (χ0n) is 10.2. The van der Waals surface area contributed by atoms with Gasteiger partial charge in [0.1, 0.15) is 5.82 Å². The number of aromatic nitrogens is 3. The molecule has 0 aliphatic heterocycles. The molecule has 0 bridgehead atoms. The molecule has 2 aromatic rings. The summed E-state index contributed by atoms with van der Waals surface area (Å²) in [5.74, 6) is 0.180. The fraction of sp³-hybridized carbons (Fsp3) is 0.273. The molecule has 0 aliphatic carbocycles. The minimum absolute atomic E-state index is 0.124. The minimum atomic E-state index is -3.52. The number of hydrogen-bond donors (Lipinski definition) is 2. The van der Waals surface area contributed by atoms with Crippen LogP contribution in [0.2, 0.25) is 0 Å². The van der Waals surface area contributed by atoms with Gasteiger partial charge in [-0.3, -0.25) is 4.68 Å². The molecule has 0 fully saturated rings. The van der Waals surface area contributed by atoms with Crippen molar-refractivity contribution in [1.82, 2.24) is 19.5 Å². The third-order valence-electron chi connectivity index (χ3n) is 2.48. The predicted molar refractivity (Wildman–Crippen MR) is 70.7 cm³/mol. The summed E-state index contributed by atoms with van der Waals surface area (Å²) in [5, 5.41) is 4.03. The molecule has 102 valence electrons. The molecule has 2 aromatic heterocycles. The molecule has 2 heterocycles. The SMILES string of the molecule is Nc1cc(S(=O)(=O)NCCCn2cccn2)ccn1. The van der Waals surface area contributed by atoms with Crippen molar-refractivity contribution in [3.05, 3.63) is 36.8 Å². The van der Waals surface area contributed by atoms with E-state index in [-0.39, 0.29) is 10.7 Å². The highest BCUT2D eigenvalue weighted by Crippen LogP contribution is 2.09. The zero-order valence-corrected chi connectivity index (χ0v) is 11.0. The molecule has 0 spiro atoms. The first-order valence-electron chi connectivity index (χ1n) is 5.76. The van der Waals surface area contributed by atoms with E-state index < -0.39 is 10.0 Å². The Bertz CT molecular complexity index is 624. The van der Waals surface area contributed by atoms with Crippen molar-refractivity contribution in [3.63, 3.8) is 0 Å². The molecule has 19 heavy (non-hydrogen) atoms. The van der Waals surface area contributed by atoms with Crippen LogP contribution in [0.1, 0.15) is 6.42 Å². The van der Waals surface area contributed by atoms with Crippen LogP contribution in [0.3, 0.4) is 0 Å². The van der Waals surface area contributed by atoms with Crippen molar-refractivity contribution >= 4 is 15.8 Å². The monoisotopic (exact) mass is 281 g/mol. The van der Waals surface area contributed by atoms with Gasteiger partial charge in [0.15, 0.2) is 0 Å². The lowest BCUT2D eigenvalue weighted by Gasteiger charge is -2.07. The van der Waals surface area contributed by atoms with Gasteiger partial charge in [0, 0.05) is 37.7 Å². The number of hydrogen-bond acceptors (Lipinski definition) is 5. The number of pyridine rings is 1. The van der Waals surface area contributed by atoms with Crippen LogP contribution in [0.5, 0.6) is 0 Å². The van der Waals surface area contributed by atoms with Gasteiger partial charge in [-0.25, -0.2) is 18.1 Å². The second kappa shape index (κ2) is 5.81. The number of rotatable bonds is 6. The molecule has 0 aliphatic rings. The number of nitrogen functional groups attached to an aromatic ring is 1. The van der Waals surface area contributed by atoms with E-state index in [2.05, 4.69) is 14.8 Å². The van der Waals surface area contributed by atoms with Crippen molar-refractivity contribution in [2.75, 3.05) is 12.3 Å². The van der Waals surface area contributed by atoms with Gasteiger partial charge in [0.2, 0.25) is 10.0 Å². The average Bonchev–Trinajstić information content (AvgIpc) is 2.88. The minimum Gasteiger partial charge on any atom is -0.384 e. The van der Waals surface area contributed by atoms with Crippen molar-refractivity contribution in [2.45, 2.75) is 17.9 Å². The van der Waals surface area contributed by atoms with Gasteiger partial charge in [-0.05, 0) is 18.6 Å². The summed E-state index contributed by atoms with van der Waals surface area (Å²) in [4.78, 5) is 3.88. The third-order valence-corrected chi connectivity index (χ3v) is 3.94. The van der Waals surface area contributed by atoms with Gasteiger partial charge in [-0.15, -0.1) is 0 Å². The molecule has 3 N–H and O–H groups in total. The van der Waals surface area contributed by atoms with Gasteiger partial charge in [0.25, 0.3) is 0 Å². The van der Waals surface area contributed by atoms with E-state index in [1.807, 2.05) is 12.3 Å². The number of nitrogens with two attached hydrogens (primary N) is 1. The maximum atomic E-state index is 11.9. The van der Waals surface area contributed by atoms with Crippen LogP contribution in [0, 0.1) is 0 Å². The Morgan fingerprint density at radius 1 is 1.37 bits per heavy atom. The second-order valence-corrected chi connectivity index (χ2v) is 5.70. The summed E-state index contributed by atoms with van der Waals surface area (Å²) < 4.78 is 28.1.